The van der Waals surface area contributed by atoms with Gasteiger partial charge in [0, 0.05) is 13.1 Å². The van der Waals surface area contributed by atoms with Gasteiger partial charge in [-0.3, -0.25) is 9.59 Å². The molecule has 1 aliphatic rings. The highest BCUT2D eigenvalue weighted by Crippen LogP contribution is 2.29. The number of amides is 2. The Kier molecular flexibility index (Phi) is 5.36. The number of benzene rings is 1. The van der Waals surface area contributed by atoms with Crippen LogP contribution in [-0.4, -0.2) is 33.6 Å². The van der Waals surface area contributed by atoms with Gasteiger partial charge in [0.05, 0.1) is 11.3 Å². The van der Waals surface area contributed by atoms with Crippen molar-refractivity contribution < 1.29 is 9.59 Å². The molecule has 1 N–H and O–H groups in total. The van der Waals surface area contributed by atoms with Crippen molar-refractivity contribution in [2.45, 2.75) is 23.1 Å². The molecule has 4 nitrogen and oxygen atoms in total. The number of halogens is 3. The summed E-state index contributed by atoms with van der Waals surface area (Å²) in [6.45, 7) is 1.46. The predicted molar refractivity (Wildman–Crippen MR) is 85.1 cm³/mol. The second-order valence-electron chi connectivity index (χ2n) is 4.85. The number of anilines is 1. The zero-order valence-corrected chi connectivity index (χ0v) is 13.5. The number of likely N-dealkylation sites (tertiary alicyclic amines) is 1. The van der Waals surface area contributed by atoms with E-state index in [0.29, 0.717) is 11.3 Å². The Morgan fingerprint density at radius 3 is 2.29 bits per heavy atom. The molecule has 0 aromatic heterocycles. The van der Waals surface area contributed by atoms with Crippen molar-refractivity contribution in [3.05, 3.63) is 29.8 Å². The van der Waals surface area contributed by atoms with Gasteiger partial charge >= 0.3 is 0 Å². The highest BCUT2D eigenvalue weighted by Gasteiger charge is 2.31. The van der Waals surface area contributed by atoms with Crippen molar-refractivity contribution in [1.29, 1.82) is 0 Å². The van der Waals surface area contributed by atoms with Crippen LogP contribution in [0.25, 0.3) is 0 Å². The molecule has 0 atom stereocenters. The van der Waals surface area contributed by atoms with E-state index in [1.54, 1.807) is 29.2 Å². The summed E-state index contributed by atoms with van der Waals surface area (Å²) < 4.78 is -2.07. The van der Waals surface area contributed by atoms with Crippen molar-refractivity contribution in [3.8, 4) is 0 Å². The molecule has 114 valence electrons. The minimum absolute atomic E-state index is 0.116. The number of carbonyl (C=O) groups is 2. The van der Waals surface area contributed by atoms with E-state index in [1.165, 1.54) is 0 Å². The fourth-order valence-electron chi connectivity index (χ4n) is 2.24. The molecule has 1 fully saturated rings. The summed E-state index contributed by atoms with van der Waals surface area (Å²) in [5, 5.41) is 2.49. The van der Waals surface area contributed by atoms with Crippen molar-refractivity contribution in [2.75, 3.05) is 18.4 Å². The number of nitrogens with zero attached hydrogens (tertiary/aromatic N) is 1. The van der Waals surface area contributed by atoms with E-state index in [9.17, 15) is 9.59 Å². The molecule has 1 heterocycles. The van der Waals surface area contributed by atoms with Crippen molar-refractivity contribution in [2.24, 2.45) is 0 Å². The zero-order chi connectivity index (χ0) is 15.5. The minimum atomic E-state index is -2.07. The molecule has 0 bridgehead atoms. The first-order valence-corrected chi connectivity index (χ1v) is 7.79. The van der Waals surface area contributed by atoms with Crippen LogP contribution < -0.4 is 5.32 Å². The number of para-hydroxylation sites is 1. The number of nitrogens with one attached hydrogen (secondary N) is 1. The fraction of sp³-hybridized carbons (Fsp3) is 0.429. The molecule has 2 rings (SSSR count). The third-order valence-electron chi connectivity index (χ3n) is 3.31. The van der Waals surface area contributed by atoms with Crippen LogP contribution in [0.3, 0.4) is 0 Å². The standard InChI is InChI=1S/C14H15Cl3N2O2/c15-14(16,17)13(21)18-11-7-3-2-6-10(11)12(20)19-8-4-1-5-9-19/h2-3,6-7H,1,4-5,8-9H2,(H,18,21). The maximum atomic E-state index is 12.5. The molecule has 0 radical (unpaired) electrons. The monoisotopic (exact) mass is 348 g/mol. The van der Waals surface area contributed by atoms with E-state index in [4.69, 9.17) is 34.8 Å². The summed E-state index contributed by atoms with van der Waals surface area (Å²) in [7, 11) is 0. The number of alkyl halides is 3. The highest BCUT2D eigenvalue weighted by atomic mass is 35.6. The molecule has 1 saturated heterocycles. The summed E-state index contributed by atoms with van der Waals surface area (Å²) in [6.07, 6.45) is 3.12. The van der Waals surface area contributed by atoms with E-state index in [-0.39, 0.29) is 5.91 Å². The third kappa shape index (κ3) is 4.25. The molecule has 0 saturated carbocycles. The number of piperidine rings is 1. The Morgan fingerprint density at radius 2 is 1.67 bits per heavy atom. The summed E-state index contributed by atoms with van der Waals surface area (Å²) in [6, 6.07) is 6.72. The summed E-state index contributed by atoms with van der Waals surface area (Å²) in [5.74, 6) is -0.902. The van der Waals surface area contributed by atoms with E-state index < -0.39 is 9.70 Å². The van der Waals surface area contributed by atoms with E-state index >= 15 is 0 Å². The molecule has 0 unspecified atom stereocenters. The lowest BCUT2D eigenvalue weighted by molar-refractivity contribution is -0.115. The lowest BCUT2D eigenvalue weighted by atomic mass is 10.1. The Balaban J connectivity index is 2.20. The number of rotatable bonds is 2. The van der Waals surface area contributed by atoms with Gasteiger partial charge < -0.3 is 10.2 Å². The van der Waals surface area contributed by atoms with Gasteiger partial charge in [-0.05, 0) is 31.4 Å². The van der Waals surface area contributed by atoms with E-state index in [2.05, 4.69) is 5.32 Å². The van der Waals surface area contributed by atoms with Gasteiger partial charge in [0.25, 0.3) is 15.6 Å². The molecule has 1 aromatic carbocycles. The Hall–Kier alpha value is -0.970. The van der Waals surface area contributed by atoms with Gasteiger partial charge in [0.1, 0.15) is 0 Å². The first-order chi connectivity index (χ1) is 9.89. The number of hydrogen-bond acceptors (Lipinski definition) is 2. The van der Waals surface area contributed by atoms with Gasteiger partial charge in [-0.25, -0.2) is 0 Å². The average molecular weight is 350 g/mol. The number of hydrogen-bond donors (Lipinski definition) is 1. The summed E-state index contributed by atoms with van der Waals surface area (Å²) >= 11 is 16.6. The first kappa shape index (κ1) is 16.4. The summed E-state index contributed by atoms with van der Waals surface area (Å²) in [4.78, 5) is 26.1. The number of carbonyl (C=O) groups excluding carboxylic acids is 2. The fourth-order valence-corrected chi connectivity index (χ4v) is 2.38. The molecule has 0 spiro atoms. The smallest absolute Gasteiger partial charge is 0.276 e. The van der Waals surface area contributed by atoms with Crippen LogP contribution in [0.1, 0.15) is 29.6 Å². The third-order valence-corrected chi connectivity index (χ3v) is 3.82. The quantitative estimate of drug-likeness (QED) is 0.829. The van der Waals surface area contributed by atoms with Crippen LogP contribution in [0.4, 0.5) is 5.69 Å². The van der Waals surface area contributed by atoms with Crippen molar-refractivity contribution >= 4 is 52.3 Å². The van der Waals surface area contributed by atoms with Gasteiger partial charge in [-0.2, -0.15) is 0 Å². The SMILES string of the molecule is O=C(c1ccccc1NC(=O)C(Cl)(Cl)Cl)N1CCCCC1. The topological polar surface area (TPSA) is 49.4 Å². The molecular weight excluding hydrogens is 335 g/mol. The largest absolute Gasteiger partial charge is 0.339 e. The molecule has 7 heteroatoms. The van der Waals surface area contributed by atoms with E-state index in [1.807, 2.05) is 0 Å². The molecule has 1 aromatic rings. The normalized spacial score (nSPS) is 15.7. The maximum absolute atomic E-state index is 12.5. The van der Waals surface area contributed by atoms with Gasteiger partial charge in [-0.1, -0.05) is 46.9 Å². The van der Waals surface area contributed by atoms with Crippen LogP contribution >= 0.6 is 34.8 Å². The summed E-state index contributed by atoms with van der Waals surface area (Å²) in [5.41, 5.74) is 0.756. The molecule has 21 heavy (non-hydrogen) atoms. The van der Waals surface area contributed by atoms with Crippen LogP contribution in [0.5, 0.6) is 0 Å². The van der Waals surface area contributed by atoms with Crippen molar-refractivity contribution in [1.82, 2.24) is 4.90 Å². The highest BCUT2D eigenvalue weighted by molar-refractivity contribution is 6.76. The van der Waals surface area contributed by atoms with Crippen LogP contribution in [-0.2, 0) is 4.79 Å². The van der Waals surface area contributed by atoms with E-state index in [0.717, 1.165) is 32.4 Å². The molecule has 0 aliphatic carbocycles. The van der Waals surface area contributed by atoms with Crippen LogP contribution in [0, 0.1) is 0 Å². The van der Waals surface area contributed by atoms with Crippen LogP contribution in [0.2, 0.25) is 0 Å². The lowest BCUT2D eigenvalue weighted by Gasteiger charge is -2.27. The Bertz CT molecular complexity index is 537. The predicted octanol–water partition coefficient (Wildman–Crippen LogP) is 3.62. The first-order valence-electron chi connectivity index (χ1n) is 6.66. The minimum Gasteiger partial charge on any atom is -0.339 e. The molecule has 2 amide bonds. The Labute approximate surface area is 138 Å². The van der Waals surface area contributed by atoms with Gasteiger partial charge in [0.15, 0.2) is 0 Å². The maximum Gasteiger partial charge on any atom is 0.276 e. The Morgan fingerprint density at radius 1 is 1.05 bits per heavy atom. The zero-order valence-electron chi connectivity index (χ0n) is 11.2. The molecular formula is C14H15Cl3N2O2. The van der Waals surface area contributed by atoms with Crippen molar-refractivity contribution in [3.63, 3.8) is 0 Å². The molecule has 1 aliphatic heterocycles. The second-order valence-corrected chi connectivity index (χ2v) is 7.13. The van der Waals surface area contributed by atoms with Gasteiger partial charge in [0.2, 0.25) is 0 Å². The second kappa shape index (κ2) is 6.86. The lowest BCUT2D eigenvalue weighted by Crippen LogP contribution is -2.36. The van der Waals surface area contributed by atoms with Gasteiger partial charge in [-0.15, -0.1) is 0 Å². The average Bonchev–Trinajstić information content (AvgIpc) is 2.47. The van der Waals surface area contributed by atoms with Crippen LogP contribution in [0.15, 0.2) is 24.3 Å².